The molecule has 39 heavy (non-hydrogen) atoms. The summed E-state index contributed by atoms with van der Waals surface area (Å²) in [6.07, 6.45) is -5.07. The van der Waals surface area contributed by atoms with Gasteiger partial charge in [0.2, 0.25) is 0 Å². The molecule has 0 atom stereocenters. The SMILES string of the molecule is CC.CC.CC.CN1CCN(C(=O)Oc2ccc(Cl)cc2C(=O)Nc2nc3ccc(C(F)(F)F)cc3s2)CC1. The summed E-state index contributed by atoms with van der Waals surface area (Å²) in [5.41, 5.74) is -0.485. The third-order valence-electron chi connectivity index (χ3n) is 5.08. The fraction of sp³-hybridized carbons (Fsp3) is 0.444. The van der Waals surface area contributed by atoms with Crippen LogP contribution in [0, 0.1) is 0 Å². The molecule has 1 fully saturated rings. The minimum atomic E-state index is -4.48. The van der Waals surface area contributed by atoms with Gasteiger partial charge in [-0.25, -0.2) is 9.78 Å². The topological polar surface area (TPSA) is 74.8 Å². The van der Waals surface area contributed by atoms with Crippen molar-refractivity contribution in [1.29, 1.82) is 0 Å². The van der Waals surface area contributed by atoms with Gasteiger partial charge in [0.05, 0.1) is 21.3 Å². The largest absolute Gasteiger partial charge is 0.416 e. The lowest BCUT2D eigenvalue weighted by Crippen LogP contribution is -2.48. The van der Waals surface area contributed by atoms with Gasteiger partial charge in [0.15, 0.2) is 5.13 Å². The van der Waals surface area contributed by atoms with E-state index >= 15 is 0 Å². The van der Waals surface area contributed by atoms with Gasteiger partial charge in [0, 0.05) is 31.2 Å². The minimum absolute atomic E-state index is 0.000198. The number of rotatable bonds is 3. The van der Waals surface area contributed by atoms with E-state index in [0.717, 1.165) is 23.5 Å². The van der Waals surface area contributed by atoms with Crippen LogP contribution in [-0.4, -0.2) is 60.0 Å². The smallest absolute Gasteiger partial charge is 0.409 e. The first kappa shape index (κ1) is 34.1. The second-order valence-corrected chi connectivity index (χ2v) is 8.92. The molecule has 2 heterocycles. The van der Waals surface area contributed by atoms with E-state index < -0.39 is 23.7 Å². The Morgan fingerprint density at radius 2 is 1.59 bits per heavy atom. The number of thiazole rings is 1. The van der Waals surface area contributed by atoms with Gasteiger partial charge in [-0.3, -0.25) is 10.1 Å². The van der Waals surface area contributed by atoms with Crippen molar-refractivity contribution in [2.75, 3.05) is 38.5 Å². The van der Waals surface area contributed by atoms with Crippen molar-refractivity contribution in [3.05, 3.63) is 52.5 Å². The molecule has 1 N–H and O–H groups in total. The molecule has 0 saturated carbocycles. The molecule has 1 aliphatic rings. The van der Waals surface area contributed by atoms with E-state index in [2.05, 4.69) is 15.2 Å². The van der Waals surface area contributed by atoms with Crippen molar-refractivity contribution in [1.82, 2.24) is 14.8 Å². The summed E-state index contributed by atoms with van der Waals surface area (Å²) in [5.74, 6) is -0.643. The molecule has 12 heteroatoms. The Bertz CT molecular complexity index is 1210. The van der Waals surface area contributed by atoms with Crippen molar-refractivity contribution in [3.8, 4) is 5.75 Å². The van der Waals surface area contributed by atoms with E-state index in [4.69, 9.17) is 16.3 Å². The van der Waals surface area contributed by atoms with Crippen LogP contribution in [0.15, 0.2) is 36.4 Å². The normalized spacial score (nSPS) is 13.2. The molecule has 0 unspecified atom stereocenters. The third-order valence-corrected chi connectivity index (χ3v) is 6.25. The van der Waals surface area contributed by atoms with Gasteiger partial charge in [0.1, 0.15) is 5.75 Å². The molecular formula is C27H36ClF3N4O3S. The molecule has 0 radical (unpaired) electrons. The first-order valence-electron chi connectivity index (χ1n) is 12.8. The number of aromatic nitrogens is 1. The Labute approximate surface area is 236 Å². The molecule has 216 valence electrons. The molecular weight excluding hydrogens is 553 g/mol. The quantitative estimate of drug-likeness (QED) is 0.335. The number of alkyl halides is 3. The van der Waals surface area contributed by atoms with Gasteiger partial charge in [-0.05, 0) is 43.4 Å². The lowest BCUT2D eigenvalue weighted by Gasteiger charge is -2.31. The fourth-order valence-corrected chi connectivity index (χ4v) is 4.31. The number of likely N-dealkylation sites (N-methyl/N-ethyl adjacent to an activating group) is 1. The number of halogens is 4. The molecule has 1 aliphatic heterocycles. The first-order chi connectivity index (χ1) is 18.6. The number of nitrogens with one attached hydrogen (secondary N) is 1. The van der Waals surface area contributed by atoms with Gasteiger partial charge in [-0.2, -0.15) is 13.2 Å². The second-order valence-electron chi connectivity index (χ2n) is 7.45. The van der Waals surface area contributed by atoms with Gasteiger partial charge >= 0.3 is 12.3 Å². The summed E-state index contributed by atoms with van der Waals surface area (Å²) < 4.78 is 44.6. The predicted molar refractivity (Wildman–Crippen MR) is 153 cm³/mol. The Balaban J connectivity index is 0.00000119. The minimum Gasteiger partial charge on any atom is -0.409 e. The van der Waals surface area contributed by atoms with Crippen molar-refractivity contribution in [3.63, 3.8) is 0 Å². The number of carbonyl (C=O) groups excluding carboxylic acids is 2. The Morgan fingerprint density at radius 3 is 2.18 bits per heavy atom. The fourth-order valence-electron chi connectivity index (χ4n) is 3.24. The number of amides is 2. The second kappa shape index (κ2) is 16.3. The van der Waals surface area contributed by atoms with Crippen LogP contribution >= 0.6 is 22.9 Å². The average molecular weight is 589 g/mol. The summed E-state index contributed by atoms with van der Waals surface area (Å²) in [6, 6.07) is 7.40. The number of ether oxygens (including phenoxy) is 1. The zero-order chi connectivity index (χ0) is 29.8. The molecule has 2 aromatic carbocycles. The van der Waals surface area contributed by atoms with Gasteiger partial charge < -0.3 is 14.5 Å². The zero-order valence-electron chi connectivity index (χ0n) is 23.3. The van der Waals surface area contributed by atoms with E-state index in [1.54, 1.807) is 4.90 Å². The maximum atomic E-state index is 12.9. The maximum absolute atomic E-state index is 12.9. The van der Waals surface area contributed by atoms with Crippen molar-refractivity contribution < 1.29 is 27.5 Å². The standard InChI is InChI=1S/C21H18ClF3N4O3S.3C2H6/c1-28-6-8-29(9-7-28)20(31)32-16-5-3-13(22)11-14(16)18(30)27-19-26-15-4-2-12(21(23,24)25)10-17(15)33-19;3*1-2/h2-5,10-11H,6-9H2,1H3,(H,26,27,30);3*1-2H3. The first-order valence-corrected chi connectivity index (χ1v) is 14.0. The average Bonchev–Trinajstić information content (AvgIpc) is 3.34. The van der Waals surface area contributed by atoms with Crippen molar-refractivity contribution in [2.45, 2.75) is 47.7 Å². The predicted octanol–water partition coefficient (Wildman–Crippen LogP) is 8.05. The third kappa shape index (κ3) is 9.66. The lowest BCUT2D eigenvalue weighted by atomic mass is 10.2. The number of anilines is 1. The highest BCUT2D eigenvalue weighted by molar-refractivity contribution is 7.22. The van der Waals surface area contributed by atoms with Crippen LogP contribution in [0.3, 0.4) is 0 Å². The Hall–Kier alpha value is -2.89. The van der Waals surface area contributed by atoms with Crippen LogP contribution in [0.1, 0.15) is 57.5 Å². The zero-order valence-corrected chi connectivity index (χ0v) is 24.9. The van der Waals surface area contributed by atoms with Gasteiger partial charge in [0.25, 0.3) is 5.91 Å². The number of hydrogen-bond acceptors (Lipinski definition) is 6. The lowest BCUT2D eigenvalue weighted by molar-refractivity contribution is -0.137. The van der Waals surface area contributed by atoms with Crippen molar-refractivity contribution in [2.24, 2.45) is 0 Å². The van der Waals surface area contributed by atoms with Crippen LogP contribution < -0.4 is 10.1 Å². The van der Waals surface area contributed by atoms with E-state index in [0.29, 0.717) is 31.7 Å². The highest BCUT2D eigenvalue weighted by atomic mass is 35.5. The summed E-state index contributed by atoms with van der Waals surface area (Å²) in [7, 11) is 1.95. The molecule has 7 nitrogen and oxygen atoms in total. The number of benzene rings is 2. The number of piperazine rings is 1. The molecule has 1 aromatic heterocycles. The van der Waals surface area contributed by atoms with Crippen LogP contribution in [0.25, 0.3) is 10.2 Å². The molecule has 3 aromatic rings. The number of fused-ring (bicyclic) bond motifs is 1. The number of hydrogen-bond donors (Lipinski definition) is 1. The highest BCUT2D eigenvalue weighted by Gasteiger charge is 2.31. The Kier molecular flexibility index (Phi) is 14.2. The van der Waals surface area contributed by atoms with E-state index in [9.17, 15) is 22.8 Å². The highest BCUT2D eigenvalue weighted by Crippen LogP contribution is 2.35. The molecule has 0 aliphatic carbocycles. The van der Waals surface area contributed by atoms with Crippen LogP contribution in [0.5, 0.6) is 5.75 Å². The van der Waals surface area contributed by atoms with E-state index in [-0.39, 0.29) is 26.2 Å². The Morgan fingerprint density at radius 1 is 0.974 bits per heavy atom. The summed E-state index contributed by atoms with van der Waals surface area (Å²) in [5, 5.41) is 2.90. The monoisotopic (exact) mass is 588 g/mol. The maximum Gasteiger partial charge on any atom is 0.416 e. The summed E-state index contributed by atoms with van der Waals surface area (Å²) in [4.78, 5) is 33.2. The number of carbonyl (C=O) groups is 2. The van der Waals surface area contributed by atoms with Crippen LogP contribution in [0.2, 0.25) is 5.02 Å². The van der Waals surface area contributed by atoms with Gasteiger partial charge in [-0.15, -0.1) is 0 Å². The van der Waals surface area contributed by atoms with Gasteiger partial charge in [-0.1, -0.05) is 64.5 Å². The summed E-state index contributed by atoms with van der Waals surface area (Å²) >= 11 is 6.93. The van der Waals surface area contributed by atoms with E-state index in [1.807, 2.05) is 48.6 Å². The molecule has 0 bridgehead atoms. The molecule has 1 saturated heterocycles. The van der Waals surface area contributed by atoms with Crippen LogP contribution in [0.4, 0.5) is 23.1 Å². The summed E-state index contributed by atoms with van der Waals surface area (Å²) in [6.45, 7) is 14.4. The number of nitrogens with zero attached hydrogens (tertiary/aromatic N) is 3. The van der Waals surface area contributed by atoms with Crippen molar-refractivity contribution >= 4 is 50.3 Å². The molecule has 2 amide bonds. The molecule has 0 spiro atoms. The van der Waals surface area contributed by atoms with E-state index in [1.165, 1.54) is 24.3 Å². The molecule has 4 rings (SSSR count). The van der Waals surface area contributed by atoms with Crippen LogP contribution in [-0.2, 0) is 6.18 Å².